The van der Waals surface area contributed by atoms with E-state index in [0.29, 0.717) is 11.1 Å². The van der Waals surface area contributed by atoms with Gasteiger partial charge in [0.25, 0.3) is 11.8 Å². The Morgan fingerprint density at radius 2 is 1.36 bits per heavy atom. The summed E-state index contributed by atoms with van der Waals surface area (Å²) in [7, 11) is 0. The fourth-order valence-electron chi connectivity index (χ4n) is 2.90. The fraction of sp³-hybridized carbons (Fsp3) is 0.174. The number of para-hydroxylation sites is 2. The van der Waals surface area contributed by atoms with Gasteiger partial charge in [-0.2, -0.15) is 0 Å². The molecule has 142 valence electrons. The molecule has 0 spiro atoms. The Balaban J connectivity index is 1.78. The molecule has 28 heavy (non-hydrogen) atoms. The van der Waals surface area contributed by atoms with Gasteiger partial charge < -0.3 is 10.6 Å². The van der Waals surface area contributed by atoms with Crippen molar-refractivity contribution in [3.05, 3.63) is 89.2 Å². The number of amides is 2. The molecule has 0 aliphatic carbocycles. The Labute approximate surface area is 164 Å². The van der Waals surface area contributed by atoms with Crippen molar-refractivity contribution in [2.45, 2.75) is 26.7 Å². The molecule has 0 radical (unpaired) electrons. The third-order valence-corrected chi connectivity index (χ3v) is 4.49. The number of pyridine rings is 1. The molecule has 2 amide bonds. The van der Waals surface area contributed by atoms with Gasteiger partial charge in [0.05, 0.1) is 11.1 Å². The molecular formula is C23H23N3O2. The summed E-state index contributed by atoms with van der Waals surface area (Å²) in [4.78, 5) is 29.3. The van der Waals surface area contributed by atoms with Crippen molar-refractivity contribution in [3.63, 3.8) is 0 Å². The number of aryl methyl sites for hydroxylation is 1. The molecule has 3 rings (SSSR count). The van der Waals surface area contributed by atoms with Crippen molar-refractivity contribution in [3.8, 4) is 0 Å². The molecule has 0 aliphatic rings. The molecule has 1 aromatic heterocycles. The van der Waals surface area contributed by atoms with Gasteiger partial charge in [-0.3, -0.25) is 14.6 Å². The first kappa shape index (κ1) is 19.3. The molecule has 5 heteroatoms. The van der Waals surface area contributed by atoms with Crippen LogP contribution in [-0.2, 0) is 0 Å². The molecule has 0 aliphatic heterocycles. The van der Waals surface area contributed by atoms with Crippen molar-refractivity contribution >= 4 is 23.2 Å². The van der Waals surface area contributed by atoms with E-state index in [4.69, 9.17) is 0 Å². The van der Waals surface area contributed by atoms with E-state index in [1.807, 2.05) is 55.5 Å². The van der Waals surface area contributed by atoms with Crippen LogP contribution in [0.5, 0.6) is 0 Å². The second-order valence-corrected chi connectivity index (χ2v) is 6.93. The smallest absolute Gasteiger partial charge is 0.257 e. The summed E-state index contributed by atoms with van der Waals surface area (Å²) >= 11 is 0. The lowest BCUT2D eigenvalue weighted by atomic mass is 10.0. The van der Waals surface area contributed by atoms with Crippen molar-refractivity contribution in [1.82, 2.24) is 4.98 Å². The number of nitrogens with one attached hydrogen (secondary N) is 2. The van der Waals surface area contributed by atoms with Gasteiger partial charge in [-0.15, -0.1) is 0 Å². The third kappa shape index (κ3) is 4.43. The van der Waals surface area contributed by atoms with Crippen LogP contribution in [0.25, 0.3) is 0 Å². The predicted molar refractivity (Wildman–Crippen MR) is 112 cm³/mol. The van der Waals surface area contributed by atoms with Crippen LogP contribution in [0.3, 0.4) is 0 Å². The Kier molecular flexibility index (Phi) is 5.84. The fourth-order valence-corrected chi connectivity index (χ4v) is 2.90. The molecule has 0 saturated carbocycles. The van der Waals surface area contributed by atoms with Gasteiger partial charge in [0, 0.05) is 23.8 Å². The lowest BCUT2D eigenvalue weighted by Crippen LogP contribution is -2.17. The Morgan fingerprint density at radius 1 is 0.821 bits per heavy atom. The standard InChI is InChI=1S/C23H23N3O2/c1-15(2)19-9-5-7-11-21(19)26-23(28)18-12-17(13-24-14-18)22(27)25-20-10-6-4-8-16(20)3/h4-15H,1-3H3,(H,25,27)(H,26,28). The van der Waals surface area contributed by atoms with Crippen LogP contribution in [-0.4, -0.2) is 16.8 Å². The van der Waals surface area contributed by atoms with Crippen LogP contribution < -0.4 is 10.6 Å². The largest absolute Gasteiger partial charge is 0.322 e. The Morgan fingerprint density at radius 3 is 1.96 bits per heavy atom. The molecule has 0 saturated heterocycles. The topological polar surface area (TPSA) is 71.1 Å². The van der Waals surface area contributed by atoms with E-state index < -0.39 is 0 Å². The minimum absolute atomic E-state index is 0.279. The molecule has 0 unspecified atom stereocenters. The summed E-state index contributed by atoms with van der Waals surface area (Å²) in [5.74, 6) is -0.328. The molecule has 1 heterocycles. The lowest BCUT2D eigenvalue weighted by Gasteiger charge is -2.14. The summed E-state index contributed by atoms with van der Waals surface area (Å²) in [5, 5.41) is 5.78. The maximum Gasteiger partial charge on any atom is 0.257 e. The summed E-state index contributed by atoms with van der Waals surface area (Å²) in [6.45, 7) is 6.07. The van der Waals surface area contributed by atoms with Crippen molar-refractivity contribution in [1.29, 1.82) is 0 Å². The minimum Gasteiger partial charge on any atom is -0.322 e. The molecule has 2 N–H and O–H groups in total. The first-order chi connectivity index (χ1) is 13.5. The summed E-state index contributed by atoms with van der Waals surface area (Å²) in [6, 6.07) is 16.8. The monoisotopic (exact) mass is 373 g/mol. The van der Waals surface area contributed by atoms with Crippen molar-refractivity contribution in [2.75, 3.05) is 10.6 Å². The zero-order valence-corrected chi connectivity index (χ0v) is 16.2. The Hall–Kier alpha value is -3.47. The van der Waals surface area contributed by atoms with Crippen molar-refractivity contribution in [2.24, 2.45) is 0 Å². The van der Waals surface area contributed by atoms with Gasteiger partial charge in [0.2, 0.25) is 0 Å². The average Bonchev–Trinajstić information content (AvgIpc) is 2.70. The number of carbonyl (C=O) groups excluding carboxylic acids is 2. The highest BCUT2D eigenvalue weighted by molar-refractivity contribution is 6.08. The highest BCUT2D eigenvalue weighted by atomic mass is 16.2. The van der Waals surface area contributed by atoms with Crippen LogP contribution in [0.1, 0.15) is 51.6 Å². The van der Waals surface area contributed by atoms with Crippen molar-refractivity contribution < 1.29 is 9.59 Å². The maximum atomic E-state index is 12.7. The first-order valence-corrected chi connectivity index (χ1v) is 9.18. The molecular weight excluding hydrogens is 350 g/mol. The van der Waals surface area contributed by atoms with Gasteiger partial charge >= 0.3 is 0 Å². The second-order valence-electron chi connectivity index (χ2n) is 6.93. The van der Waals surface area contributed by atoms with Crippen LogP contribution in [0.2, 0.25) is 0 Å². The van der Waals surface area contributed by atoms with E-state index in [9.17, 15) is 9.59 Å². The van der Waals surface area contributed by atoms with E-state index in [-0.39, 0.29) is 17.7 Å². The van der Waals surface area contributed by atoms with E-state index in [1.165, 1.54) is 12.4 Å². The quantitative estimate of drug-likeness (QED) is 0.660. The van der Waals surface area contributed by atoms with Crippen LogP contribution in [0.15, 0.2) is 67.0 Å². The van der Waals surface area contributed by atoms with Gasteiger partial charge in [-0.25, -0.2) is 0 Å². The summed E-state index contributed by atoms with van der Waals surface area (Å²) in [6.07, 6.45) is 2.91. The second kappa shape index (κ2) is 8.48. The molecule has 0 fully saturated rings. The number of hydrogen-bond donors (Lipinski definition) is 2. The number of rotatable bonds is 5. The number of anilines is 2. The normalized spacial score (nSPS) is 10.6. The van der Waals surface area contributed by atoms with Gasteiger partial charge in [0.15, 0.2) is 0 Å². The summed E-state index contributed by atoms with van der Waals surface area (Å²) in [5.41, 5.74) is 4.16. The number of benzene rings is 2. The van der Waals surface area contributed by atoms with E-state index in [0.717, 1.165) is 22.5 Å². The molecule has 0 atom stereocenters. The molecule has 5 nitrogen and oxygen atoms in total. The van der Waals surface area contributed by atoms with Crippen LogP contribution in [0.4, 0.5) is 11.4 Å². The minimum atomic E-state index is -0.306. The number of carbonyl (C=O) groups is 2. The first-order valence-electron chi connectivity index (χ1n) is 9.18. The molecule has 2 aromatic carbocycles. The highest BCUT2D eigenvalue weighted by Crippen LogP contribution is 2.24. The molecule has 0 bridgehead atoms. The maximum absolute atomic E-state index is 12.7. The SMILES string of the molecule is Cc1ccccc1NC(=O)c1cncc(C(=O)Nc2ccccc2C(C)C)c1. The number of nitrogens with zero attached hydrogens (tertiary/aromatic N) is 1. The summed E-state index contributed by atoms with van der Waals surface area (Å²) < 4.78 is 0. The van der Waals surface area contributed by atoms with Gasteiger partial charge in [-0.1, -0.05) is 50.2 Å². The zero-order valence-electron chi connectivity index (χ0n) is 16.2. The third-order valence-electron chi connectivity index (χ3n) is 4.49. The molecule has 3 aromatic rings. The van der Waals surface area contributed by atoms with Gasteiger partial charge in [-0.05, 0) is 42.2 Å². The highest BCUT2D eigenvalue weighted by Gasteiger charge is 2.14. The van der Waals surface area contributed by atoms with E-state index >= 15 is 0 Å². The average molecular weight is 373 g/mol. The number of aromatic nitrogens is 1. The van der Waals surface area contributed by atoms with Gasteiger partial charge in [0.1, 0.15) is 0 Å². The number of hydrogen-bond acceptors (Lipinski definition) is 3. The van der Waals surface area contributed by atoms with E-state index in [1.54, 1.807) is 6.07 Å². The predicted octanol–water partition coefficient (Wildman–Crippen LogP) is 5.02. The Bertz CT molecular complexity index is 1010. The zero-order chi connectivity index (χ0) is 20.1. The van der Waals surface area contributed by atoms with Crippen LogP contribution >= 0.6 is 0 Å². The van der Waals surface area contributed by atoms with Crippen LogP contribution in [0, 0.1) is 6.92 Å². The van der Waals surface area contributed by atoms with E-state index in [2.05, 4.69) is 29.5 Å². The lowest BCUT2D eigenvalue weighted by molar-refractivity contribution is 0.102.